The highest BCUT2D eigenvalue weighted by molar-refractivity contribution is 6.02. The molecule has 0 rings (SSSR count). The minimum Gasteiger partial charge on any atom is -0.465 e. The molecule has 0 saturated heterocycles. The van der Waals surface area contributed by atoms with Crippen molar-refractivity contribution in [3.63, 3.8) is 0 Å². The Kier molecular flexibility index (Phi) is 9.05. The van der Waals surface area contributed by atoms with Gasteiger partial charge >= 0.3 is 11.9 Å². The molecule has 0 bridgehead atoms. The maximum absolute atomic E-state index is 12.5. The van der Waals surface area contributed by atoms with E-state index in [4.69, 9.17) is 9.47 Å². The SMILES string of the molecule is CCCCC(=O)C(C)(C[N+](=O)[O-])C(C(=O)OCC)C(=O)OCC. The molecule has 0 spiro atoms. The summed E-state index contributed by atoms with van der Waals surface area (Å²) in [4.78, 5) is 47.1. The predicted octanol–water partition coefficient (Wildman–Crippen LogP) is 1.77. The molecule has 0 heterocycles. The van der Waals surface area contributed by atoms with Gasteiger partial charge in [-0.05, 0) is 27.2 Å². The number of rotatable bonds is 11. The topological polar surface area (TPSA) is 113 Å². The number of Topliss-reactive ketones (excluding diaryl/α,β-unsaturated/α-hetero) is 1. The normalized spacial score (nSPS) is 13.3. The number of nitrogens with zero attached hydrogens (tertiary/aromatic N) is 1. The van der Waals surface area contributed by atoms with E-state index < -0.39 is 40.5 Å². The fourth-order valence-corrected chi connectivity index (χ4v) is 2.30. The van der Waals surface area contributed by atoms with Gasteiger partial charge in [-0.3, -0.25) is 24.5 Å². The number of carbonyl (C=O) groups is 3. The monoisotopic (exact) mass is 331 g/mol. The number of unbranched alkanes of at least 4 members (excludes halogenated alkanes) is 1. The largest absolute Gasteiger partial charge is 0.465 e. The van der Waals surface area contributed by atoms with Crippen LogP contribution in [0.4, 0.5) is 0 Å². The molecular weight excluding hydrogens is 306 g/mol. The lowest BCUT2D eigenvalue weighted by atomic mass is 9.72. The van der Waals surface area contributed by atoms with Gasteiger partial charge in [-0.25, -0.2) is 0 Å². The van der Waals surface area contributed by atoms with E-state index in [2.05, 4.69) is 0 Å². The molecule has 8 nitrogen and oxygen atoms in total. The lowest BCUT2D eigenvalue weighted by molar-refractivity contribution is -0.494. The Labute approximate surface area is 135 Å². The zero-order valence-corrected chi connectivity index (χ0v) is 14.1. The lowest BCUT2D eigenvalue weighted by Crippen LogP contribution is -2.50. The highest BCUT2D eigenvalue weighted by Crippen LogP contribution is 2.33. The van der Waals surface area contributed by atoms with Crippen molar-refractivity contribution in [2.24, 2.45) is 11.3 Å². The predicted molar refractivity (Wildman–Crippen MR) is 81.3 cm³/mol. The Hall–Kier alpha value is -1.99. The van der Waals surface area contributed by atoms with Crippen LogP contribution in [0.5, 0.6) is 0 Å². The molecule has 1 atom stereocenters. The van der Waals surface area contributed by atoms with Crippen molar-refractivity contribution in [3.05, 3.63) is 10.1 Å². The van der Waals surface area contributed by atoms with E-state index in [0.717, 1.165) is 0 Å². The average molecular weight is 331 g/mol. The van der Waals surface area contributed by atoms with E-state index in [9.17, 15) is 24.5 Å². The van der Waals surface area contributed by atoms with E-state index in [-0.39, 0.29) is 19.6 Å². The Balaban J connectivity index is 5.77. The third kappa shape index (κ3) is 5.96. The summed E-state index contributed by atoms with van der Waals surface area (Å²) in [6.07, 6.45) is 1.28. The van der Waals surface area contributed by atoms with Gasteiger partial charge in [0, 0.05) is 11.3 Å². The van der Waals surface area contributed by atoms with E-state index in [1.54, 1.807) is 13.8 Å². The van der Waals surface area contributed by atoms with Crippen molar-refractivity contribution < 1.29 is 28.8 Å². The first kappa shape index (κ1) is 21.0. The van der Waals surface area contributed by atoms with Crippen molar-refractivity contribution in [2.45, 2.75) is 47.0 Å². The van der Waals surface area contributed by atoms with Crippen LogP contribution in [-0.2, 0) is 23.9 Å². The fraction of sp³-hybridized carbons (Fsp3) is 0.800. The van der Waals surface area contributed by atoms with Gasteiger partial charge in [0.1, 0.15) is 11.2 Å². The molecule has 8 heteroatoms. The van der Waals surface area contributed by atoms with E-state index >= 15 is 0 Å². The number of carbonyl (C=O) groups excluding carboxylic acids is 3. The van der Waals surface area contributed by atoms with Crippen LogP contribution in [0.3, 0.4) is 0 Å². The Bertz CT molecular complexity index is 431. The Morgan fingerprint density at radius 2 is 1.57 bits per heavy atom. The van der Waals surface area contributed by atoms with Crippen molar-refractivity contribution in [3.8, 4) is 0 Å². The zero-order valence-electron chi connectivity index (χ0n) is 14.1. The van der Waals surface area contributed by atoms with Gasteiger partial charge in [0.25, 0.3) is 0 Å². The molecule has 0 aliphatic carbocycles. The van der Waals surface area contributed by atoms with E-state index in [1.165, 1.54) is 6.92 Å². The summed E-state index contributed by atoms with van der Waals surface area (Å²) < 4.78 is 9.68. The first-order valence-electron chi connectivity index (χ1n) is 7.72. The number of esters is 2. The quantitative estimate of drug-likeness (QED) is 0.245. The number of ketones is 1. The Morgan fingerprint density at radius 3 is 1.91 bits per heavy atom. The van der Waals surface area contributed by atoms with Crippen molar-refractivity contribution >= 4 is 17.7 Å². The first-order chi connectivity index (χ1) is 10.7. The molecule has 0 N–H and O–H groups in total. The van der Waals surface area contributed by atoms with Crippen LogP contribution in [0, 0.1) is 21.4 Å². The van der Waals surface area contributed by atoms with Gasteiger partial charge in [-0.2, -0.15) is 0 Å². The average Bonchev–Trinajstić information content (AvgIpc) is 2.44. The van der Waals surface area contributed by atoms with E-state index in [1.807, 2.05) is 6.92 Å². The minimum absolute atomic E-state index is 0.00751. The second-order valence-corrected chi connectivity index (χ2v) is 5.37. The second-order valence-electron chi connectivity index (χ2n) is 5.37. The molecule has 132 valence electrons. The summed E-state index contributed by atoms with van der Waals surface area (Å²) in [5, 5.41) is 11.0. The maximum Gasteiger partial charge on any atom is 0.321 e. The van der Waals surface area contributed by atoms with Crippen molar-refractivity contribution in [1.82, 2.24) is 0 Å². The molecule has 0 aromatic carbocycles. The summed E-state index contributed by atoms with van der Waals surface area (Å²) in [5.41, 5.74) is -1.79. The van der Waals surface area contributed by atoms with Gasteiger partial charge in [0.2, 0.25) is 6.54 Å². The lowest BCUT2D eigenvalue weighted by Gasteiger charge is -2.29. The van der Waals surface area contributed by atoms with Crippen LogP contribution in [0.1, 0.15) is 47.0 Å². The summed E-state index contributed by atoms with van der Waals surface area (Å²) in [6.45, 7) is 5.36. The summed E-state index contributed by atoms with van der Waals surface area (Å²) in [5.74, 6) is -4.10. The second kappa shape index (κ2) is 9.91. The van der Waals surface area contributed by atoms with Crippen LogP contribution in [0.2, 0.25) is 0 Å². The number of hydrogen-bond donors (Lipinski definition) is 0. The summed E-state index contributed by atoms with van der Waals surface area (Å²) in [6, 6.07) is 0. The molecule has 0 aromatic rings. The number of hydrogen-bond acceptors (Lipinski definition) is 7. The molecule has 0 aromatic heterocycles. The van der Waals surface area contributed by atoms with Gasteiger partial charge < -0.3 is 9.47 Å². The van der Waals surface area contributed by atoms with Gasteiger partial charge in [-0.1, -0.05) is 13.3 Å². The molecule has 0 radical (unpaired) electrons. The van der Waals surface area contributed by atoms with Gasteiger partial charge in [-0.15, -0.1) is 0 Å². The maximum atomic E-state index is 12.5. The Morgan fingerprint density at radius 1 is 1.09 bits per heavy atom. The van der Waals surface area contributed by atoms with Gasteiger partial charge in [0.15, 0.2) is 5.92 Å². The molecule has 0 amide bonds. The number of nitro groups is 1. The molecule has 0 fully saturated rings. The van der Waals surface area contributed by atoms with Gasteiger partial charge in [0.05, 0.1) is 13.2 Å². The van der Waals surface area contributed by atoms with E-state index in [0.29, 0.717) is 12.8 Å². The summed E-state index contributed by atoms with van der Waals surface area (Å²) in [7, 11) is 0. The first-order valence-corrected chi connectivity index (χ1v) is 7.72. The van der Waals surface area contributed by atoms with Crippen molar-refractivity contribution in [2.75, 3.05) is 19.8 Å². The molecule has 0 saturated carbocycles. The van der Waals surface area contributed by atoms with Crippen LogP contribution in [0.25, 0.3) is 0 Å². The third-order valence-corrected chi connectivity index (χ3v) is 3.53. The third-order valence-electron chi connectivity index (χ3n) is 3.53. The number of ether oxygens (including phenoxy) is 2. The molecule has 1 unspecified atom stereocenters. The molecule has 0 aliphatic rings. The van der Waals surface area contributed by atoms with Crippen LogP contribution in [0.15, 0.2) is 0 Å². The highest BCUT2D eigenvalue weighted by atomic mass is 16.6. The van der Waals surface area contributed by atoms with Crippen LogP contribution in [-0.4, -0.2) is 42.4 Å². The molecular formula is C15H25NO7. The molecule has 0 aliphatic heterocycles. The van der Waals surface area contributed by atoms with Crippen LogP contribution >= 0.6 is 0 Å². The minimum atomic E-state index is -1.79. The van der Waals surface area contributed by atoms with Crippen molar-refractivity contribution in [1.29, 1.82) is 0 Å². The smallest absolute Gasteiger partial charge is 0.321 e. The highest BCUT2D eigenvalue weighted by Gasteiger charge is 2.54. The zero-order chi connectivity index (χ0) is 18.0. The fourth-order valence-electron chi connectivity index (χ4n) is 2.30. The summed E-state index contributed by atoms with van der Waals surface area (Å²) >= 11 is 0. The van der Waals surface area contributed by atoms with Crippen LogP contribution < -0.4 is 0 Å². The standard InChI is InChI=1S/C15H25NO7/c1-5-8-9-11(17)15(4,10-16(20)21)12(13(18)22-6-2)14(19)23-7-3/h12H,5-10H2,1-4H3. The molecule has 23 heavy (non-hydrogen) atoms.